The summed E-state index contributed by atoms with van der Waals surface area (Å²) in [5.74, 6) is -2.31. The first-order chi connectivity index (χ1) is 11.1. The van der Waals surface area contributed by atoms with Gasteiger partial charge < -0.3 is 4.90 Å². The lowest BCUT2D eigenvalue weighted by Gasteiger charge is -2.35. The predicted molar refractivity (Wildman–Crippen MR) is 81.3 cm³/mol. The Morgan fingerprint density at radius 1 is 1.26 bits per heavy atom. The van der Waals surface area contributed by atoms with E-state index in [1.54, 1.807) is 11.1 Å². The van der Waals surface area contributed by atoms with Gasteiger partial charge in [-0.05, 0) is 29.8 Å². The Morgan fingerprint density at radius 3 is 2.96 bits per heavy atom. The number of nitrogens with zero attached hydrogens (tertiary/aromatic N) is 5. The first kappa shape index (κ1) is 14.0. The van der Waals surface area contributed by atoms with Crippen LogP contribution in [-0.2, 0) is 0 Å². The summed E-state index contributed by atoms with van der Waals surface area (Å²) in [5.41, 5.74) is 2.11. The third kappa shape index (κ3) is 2.60. The number of tetrazole rings is 1. The molecule has 1 saturated heterocycles. The number of nitrogens with one attached hydrogen (secondary N) is 1. The summed E-state index contributed by atoms with van der Waals surface area (Å²) in [7, 11) is 0. The smallest absolute Gasteiger partial charge is 0.265 e. The van der Waals surface area contributed by atoms with Gasteiger partial charge in [-0.15, -0.1) is 10.2 Å². The number of aromatic amines is 1. The summed E-state index contributed by atoms with van der Waals surface area (Å²) < 4.78 is 27.6. The van der Waals surface area contributed by atoms with Crippen LogP contribution < -0.4 is 4.90 Å². The molecule has 3 aromatic rings. The fraction of sp³-hybridized carbons (Fsp3) is 0.333. The lowest BCUT2D eigenvalue weighted by Crippen LogP contribution is -2.42. The van der Waals surface area contributed by atoms with Crippen molar-refractivity contribution in [3.05, 3.63) is 30.5 Å². The molecule has 23 heavy (non-hydrogen) atoms. The molecular formula is C15H14F2N6. The second-order valence-corrected chi connectivity index (χ2v) is 5.68. The zero-order chi connectivity index (χ0) is 15.9. The quantitative estimate of drug-likeness (QED) is 0.787. The molecule has 4 rings (SSSR count). The normalized spacial score (nSPS) is 17.6. The van der Waals surface area contributed by atoms with E-state index in [2.05, 4.69) is 25.6 Å². The molecule has 1 N–H and O–H groups in total. The predicted octanol–water partition coefficient (Wildman–Crippen LogP) is 2.65. The van der Waals surface area contributed by atoms with Crippen LogP contribution in [0.5, 0.6) is 0 Å². The number of pyridine rings is 1. The van der Waals surface area contributed by atoms with Crippen LogP contribution in [0.25, 0.3) is 22.3 Å². The van der Waals surface area contributed by atoms with Gasteiger partial charge in [-0.1, -0.05) is 6.07 Å². The molecule has 1 aliphatic rings. The van der Waals surface area contributed by atoms with E-state index < -0.39 is 5.92 Å². The van der Waals surface area contributed by atoms with Crippen LogP contribution in [0.15, 0.2) is 30.5 Å². The molecule has 1 fully saturated rings. The van der Waals surface area contributed by atoms with E-state index in [4.69, 9.17) is 0 Å². The van der Waals surface area contributed by atoms with Crippen molar-refractivity contribution in [2.45, 2.75) is 18.8 Å². The number of hydrogen-bond donors (Lipinski definition) is 1. The van der Waals surface area contributed by atoms with Gasteiger partial charge >= 0.3 is 0 Å². The molecular weight excluding hydrogens is 302 g/mol. The highest BCUT2D eigenvalue weighted by Crippen LogP contribution is 2.36. The number of rotatable bonds is 2. The summed E-state index contributed by atoms with van der Waals surface area (Å²) in [6, 6.07) is 7.43. The van der Waals surface area contributed by atoms with Crippen molar-refractivity contribution >= 4 is 16.6 Å². The van der Waals surface area contributed by atoms with Crippen LogP contribution in [0.3, 0.4) is 0 Å². The third-order valence-electron chi connectivity index (χ3n) is 4.04. The third-order valence-corrected chi connectivity index (χ3v) is 4.04. The van der Waals surface area contributed by atoms with Crippen molar-refractivity contribution in [1.82, 2.24) is 25.6 Å². The summed E-state index contributed by atoms with van der Waals surface area (Å²) in [6.45, 7) is 0.274. The SMILES string of the molecule is FC1(F)CCCN(c2cc3cccnc3cc2-c2nn[nH]n2)C1. The van der Waals surface area contributed by atoms with E-state index in [0.29, 0.717) is 30.0 Å². The van der Waals surface area contributed by atoms with E-state index in [1.807, 2.05) is 24.3 Å². The Morgan fingerprint density at radius 2 is 2.17 bits per heavy atom. The van der Waals surface area contributed by atoms with Crippen molar-refractivity contribution < 1.29 is 8.78 Å². The topological polar surface area (TPSA) is 70.6 Å². The van der Waals surface area contributed by atoms with Gasteiger partial charge in [0, 0.05) is 35.8 Å². The number of hydrogen-bond acceptors (Lipinski definition) is 5. The lowest BCUT2D eigenvalue weighted by atomic mass is 10.0. The monoisotopic (exact) mass is 316 g/mol. The van der Waals surface area contributed by atoms with Gasteiger partial charge in [0.1, 0.15) is 0 Å². The van der Waals surface area contributed by atoms with Crippen LogP contribution in [0.4, 0.5) is 14.5 Å². The number of fused-ring (bicyclic) bond motifs is 1. The maximum Gasteiger partial charge on any atom is 0.265 e. The minimum atomic E-state index is -2.68. The molecule has 3 heterocycles. The van der Waals surface area contributed by atoms with Crippen LogP contribution in [0.1, 0.15) is 12.8 Å². The molecule has 0 amide bonds. The van der Waals surface area contributed by atoms with Gasteiger partial charge in [-0.2, -0.15) is 5.21 Å². The molecule has 0 bridgehead atoms. The first-order valence-corrected chi connectivity index (χ1v) is 7.38. The van der Waals surface area contributed by atoms with Gasteiger partial charge in [0.15, 0.2) is 0 Å². The van der Waals surface area contributed by atoms with Crippen molar-refractivity contribution in [3.8, 4) is 11.4 Å². The molecule has 1 aromatic carbocycles. The Balaban J connectivity index is 1.88. The zero-order valence-electron chi connectivity index (χ0n) is 12.2. The molecule has 0 aliphatic carbocycles. The van der Waals surface area contributed by atoms with Crippen LogP contribution >= 0.6 is 0 Å². The van der Waals surface area contributed by atoms with Gasteiger partial charge in [0.05, 0.1) is 12.1 Å². The molecule has 0 spiro atoms. The second kappa shape index (κ2) is 5.22. The Labute approximate surface area is 130 Å². The number of benzene rings is 1. The van der Waals surface area contributed by atoms with Gasteiger partial charge in [-0.25, -0.2) is 8.78 Å². The average molecular weight is 316 g/mol. The standard InChI is InChI=1S/C15H14F2N6/c16-15(17)4-2-6-23(9-15)13-7-10-3-1-5-18-12(10)8-11(13)14-19-21-22-20-14/h1,3,5,7-8H,2,4,6,9H2,(H,19,20,21,22). The molecule has 0 unspecified atom stereocenters. The van der Waals surface area contributed by atoms with E-state index in [9.17, 15) is 8.78 Å². The number of alkyl halides is 2. The van der Waals surface area contributed by atoms with Gasteiger partial charge in [-0.3, -0.25) is 4.98 Å². The summed E-state index contributed by atoms with van der Waals surface area (Å²) in [6.07, 6.45) is 2.07. The van der Waals surface area contributed by atoms with Crippen LogP contribution in [0, 0.1) is 0 Å². The molecule has 6 nitrogen and oxygen atoms in total. The summed E-state index contributed by atoms with van der Waals surface area (Å²) in [5, 5.41) is 14.9. The van der Waals surface area contributed by atoms with Gasteiger partial charge in [0.2, 0.25) is 5.82 Å². The van der Waals surface area contributed by atoms with Crippen molar-refractivity contribution in [2.75, 3.05) is 18.0 Å². The first-order valence-electron chi connectivity index (χ1n) is 7.38. The second-order valence-electron chi connectivity index (χ2n) is 5.68. The molecule has 1 aliphatic heterocycles. The van der Waals surface area contributed by atoms with E-state index in [1.165, 1.54) is 0 Å². The Bertz CT molecular complexity index is 833. The minimum absolute atomic E-state index is 0.0732. The van der Waals surface area contributed by atoms with E-state index >= 15 is 0 Å². The van der Waals surface area contributed by atoms with E-state index in [0.717, 1.165) is 10.9 Å². The number of anilines is 1. The van der Waals surface area contributed by atoms with Crippen LogP contribution in [0.2, 0.25) is 0 Å². The molecule has 2 aromatic heterocycles. The highest BCUT2D eigenvalue weighted by atomic mass is 19.3. The highest BCUT2D eigenvalue weighted by molar-refractivity contribution is 5.91. The Kier molecular flexibility index (Phi) is 3.17. The van der Waals surface area contributed by atoms with Crippen molar-refractivity contribution in [1.29, 1.82) is 0 Å². The molecule has 8 heteroatoms. The maximum atomic E-state index is 13.8. The van der Waals surface area contributed by atoms with E-state index in [-0.39, 0.29) is 13.0 Å². The molecule has 0 radical (unpaired) electrons. The number of piperidine rings is 1. The Hall–Kier alpha value is -2.64. The summed E-state index contributed by atoms with van der Waals surface area (Å²) >= 11 is 0. The average Bonchev–Trinajstić information content (AvgIpc) is 3.07. The molecule has 118 valence electrons. The summed E-state index contributed by atoms with van der Waals surface area (Å²) in [4.78, 5) is 6.01. The fourth-order valence-electron chi connectivity index (χ4n) is 3.00. The largest absolute Gasteiger partial charge is 0.365 e. The minimum Gasteiger partial charge on any atom is -0.365 e. The van der Waals surface area contributed by atoms with Crippen LogP contribution in [-0.4, -0.2) is 44.6 Å². The number of halogens is 2. The highest BCUT2D eigenvalue weighted by Gasteiger charge is 2.36. The zero-order valence-corrected chi connectivity index (χ0v) is 12.2. The van der Waals surface area contributed by atoms with Crippen molar-refractivity contribution in [3.63, 3.8) is 0 Å². The molecule has 0 saturated carbocycles. The fourth-order valence-corrected chi connectivity index (χ4v) is 3.00. The number of H-pyrrole nitrogens is 1. The molecule has 0 atom stereocenters. The van der Waals surface area contributed by atoms with Crippen molar-refractivity contribution in [2.24, 2.45) is 0 Å². The lowest BCUT2D eigenvalue weighted by molar-refractivity contribution is -0.0116. The number of aromatic nitrogens is 5. The maximum absolute atomic E-state index is 13.8. The van der Waals surface area contributed by atoms with Gasteiger partial charge in [0.25, 0.3) is 5.92 Å².